The third-order valence-electron chi connectivity index (χ3n) is 3.76. The number of thiazole rings is 1. The number of nitrogens with zero attached hydrogens (tertiary/aromatic N) is 3. The summed E-state index contributed by atoms with van der Waals surface area (Å²) in [4.78, 5) is 17.5. The Kier molecular flexibility index (Phi) is 4.53. The average Bonchev–Trinajstić information content (AvgIpc) is 3.21. The summed E-state index contributed by atoms with van der Waals surface area (Å²) >= 11 is 1.34. The zero-order chi connectivity index (χ0) is 17.8. The molecule has 4 nitrogen and oxygen atoms in total. The van der Waals surface area contributed by atoms with Crippen LogP contribution in [0.1, 0.15) is 17.0 Å². The van der Waals surface area contributed by atoms with Gasteiger partial charge in [0.1, 0.15) is 0 Å². The predicted octanol–water partition coefficient (Wildman–Crippen LogP) is 3.53. The van der Waals surface area contributed by atoms with Crippen molar-refractivity contribution in [3.8, 4) is 0 Å². The molecule has 0 atom stereocenters. The van der Waals surface area contributed by atoms with Crippen LogP contribution in [0.2, 0.25) is 0 Å². The molecule has 0 fully saturated rings. The van der Waals surface area contributed by atoms with Crippen LogP contribution >= 0.6 is 11.3 Å². The Labute approximate surface area is 154 Å². The molecule has 0 aliphatic heterocycles. The van der Waals surface area contributed by atoms with Crippen LogP contribution in [0.3, 0.4) is 0 Å². The van der Waals surface area contributed by atoms with E-state index in [0.717, 1.165) is 11.1 Å². The maximum atomic E-state index is 12.4. The van der Waals surface area contributed by atoms with Gasteiger partial charge in [-0.3, -0.25) is 4.79 Å². The van der Waals surface area contributed by atoms with E-state index in [4.69, 9.17) is 0 Å². The van der Waals surface area contributed by atoms with Crippen LogP contribution in [0.25, 0.3) is 29.3 Å². The summed E-state index contributed by atoms with van der Waals surface area (Å²) < 4.78 is 1.98. The van der Waals surface area contributed by atoms with Gasteiger partial charge >= 0.3 is 0 Å². The summed E-state index contributed by atoms with van der Waals surface area (Å²) in [6.45, 7) is 0. The van der Waals surface area contributed by atoms with Crippen LogP contribution < -0.4 is 10.1 Å². The van der Waals surface area contributed by atoms with Crippen molar-refractivity contribution in [2.24, 2.45) is 0 Å². The number of benzene rings is 2. The van der Waals surface area contributed by atoms with Gasteiger partial charge in [-0.2, -0.15) is 9.50 Å². The van der Waals surface area contributed by atoms with E-state index in [1.165, 1.54) is 15.9 Å². The molecule has 5 heteroatoms. The summed E-state index contributed by atoms with van der Waals surface area (Å²) in [7, 11) is 0. The summed E-state index contributed by atoms with van der Waals surface area (Å²) in [6, 6.07) is 19.9. The van der Waals surface area contributed by atoms with E-state index in [2.05, 4.69) is 10.1 Å². The Hall–Kier alpha value is -3.31. The van der Waals surface area contributed by atoms with Crippen molar-refractivity contribution in [1.29, 1.82) is 0 Å². The van der Waals surface area contributed by atoms with Gasteiger partial charge in [-0.1, -0.05) is 90.2 Å². The molecule has 4 rings (SSSR count). The first kappa shape index (κ1) is 16.2. The zero-order valence-corrected chi connectivity index (χ0v) is 14.6. The Morgan fingerprint density at radius 2 is 1.50 bits per heavy atom. The molecule has 0 saturated heterocycles. The second kappa shape index (κ2) is 7.29. The third kappa shape index (κ3) is 3.53. The molecule has 0 amide bonds. The lowest BCUT2D eigenvalue weighted by molar-refractivity contribution is 0.925. The van der Waals surface area contributed by atoms with Crippen LogP contribution in [0, 0.1) is 0 Å². The molecule has 0 unspecified atom stereocenters. The molecule has 0 radical (unpaired) electrons. The highest BCUT2D eigenvalue weighted by Crippen LogP contribution is 2.07. The van der Waals surface area contributed by atoms with E-state index >= 15 is 0 Å². The molecule has 2 aromatic carbocycles. The van der Waals surface area contributed by atoms with Crippen LogP contribution in [0.5, 0.6) is 0 Å². The lowest BCUT2D eigenvalue weighted by Gasteiger charge is -1.88. The van der Waals surface area contributed by atoms with Crippen molar-refractivity contribution in [3.05, 3.63) is 98.6 Å². The van der Waals surface area contributed by atoms with E-state index in [-0.39, 0.29) is 5.56 Å². The minimum absolute atomic E-state index is 0.144. The topological polar surface area (TPSA) is 47.3 Å². The molecule has 0 N–H and O–H groups in total. The molecule has 2 heterocycles. The number of aromatic nitrogens is 3. The summed E-state index contributed by atoms with van der Waals surface area (Å²) in [5.74, 6) is 0.531. The van der Waals surface area contributed by atoms with E-state index in [1.807, 2.05) is 85.0 Å². The average molecular weight is 357 g/mol. The fourth-order valence-electron chi connectivity index (χ4n) is 2.48. The summed E-state index contributed by atoms with van der Waals surface area (Å²) in [5, 5.41) is 4.29. The molecule has 0 spiro atoms. The van der Waals surface area contributed by atoms with Crippen molar-refractivity contribution in [2.45, 2.75) is 0 Å². The molecule has 0 saturated carbocycles. The number of hydrogen-bond acceptors (Lipinski definition) is 4. The number of fused-ring (bicyclic) bond motifs is 1. The summed E-state index contributed by atoms with van der Waals surface area (Å²) in [6.07, 6.45) is 9.38. The van der Waals surface area contributed by atoms with Crippen LogP contribution in [-0.4, -0.2) is 14.6 Å². The number of hydrogen-bond donors (Lipinski definition) is 0. The molecule has 26 heavy (non-hydrogen) atoms. The minimum Gasteiger partial charge on any atom is -0.266 e. The molecule has 0 bridgehead atoms. The first-order valence-electron chi connectivity index (χ1n) is 8.16. The summed E-state index contributed by atoms with van der Waals surface area (Å²) in [5.41, 5.74) is 2.01. The van der Waals surface area contributed by atoms with Gasteiger partial charge in [0, 0.05) is 0 Å². The quantitative estimate of drug-likeness (QED) is 0.561. The van der Waals surface area contributed by atoms with Crippen molar-refractivity contribution >= 4 is 40.6 Å². The standard InChI is InChI=1S/C21H15N3OS/c25-20-18(13-7-12-16-8-3-1-4-9-16)26-21-22-19(23-24(20)21)15-14-17-10-5-2-6-11-17/h1-15H. The monoisotopic (exact) mass is 357 g/mol. The van der Waals surface area contributed by atoms with Gasteiger partial charge in [-0.05, 0) is 23.3 Å². The first-order chi connectivity index (χ1) is 12.8. The molecule has 126 valence electrons. The maximum absolute atomic E-state index is 12.4. The lowest BCUT2D eigenvalue weighted by Crippen LogP contribution is -2.23. The van der Waals surface area contributed by atoms with E-state index in [1.54, 1.807) is 6.08 Å². The molecule has 2 aromatic heterocycles. The van der Waals surface area contributed by atoms with Gasteiger partial charge in [0.2, 0.25) is 4.96 Å². The van der Waals surface area contributed by atoms with Crippen molar-refractivity contribution in [2.75, 3.05) is 0 Å². The van der Waals surface area contributed by atoms with Gasteiger partial charge in [0.15, 0.2) is 5.82 Å². The van der Waals surface area contributed by atoms with Gasteiger partial charge in [-0.25, -0.2) is 0 Å². The van der Waals surface area contributed by atoms with Crippen molar-refractivity contribution in [1.82, 2.24) is 14.6 Å². The Morgan fingerprint density at radius 3 is 2.15 bits per heavy atom. The zero-order valence-electron chi connectivity index (χ0n) is 13.8. The van der Waals surface area contributed by atoms with Crippen molar-refractivity contribution in [3.63, 3.8) is 0 Å². The molecular formula is C21H15N3OS. The second-order valence-electron chi connectivity index (χ2n) is 5.62. The molecule has 0 aliphatic rings. The predicted molar refractivity (Wildman–Crippen MR) is 108 cm³/mol. The van der Waals surface area contributed by atoms with Crippen LogP contribution in [0.4, 0.5) is 0 Å². The largest absolute Gasteiger partial charge is 0.291 e. The lowest BCUT2D eigenvalue weighted by atomic mass is 10.2. The highest BCUT2D eigenvalue weighted by atomic mass is 32.1. The van der Waals surface area contributed by atoms with Gasteiger partial charge < -0.3 is 0 Å². The molecular weight excluding hydrogens is 342 g/mol. The van der Waals surface area contributed by atoms with Crippen LogP contribution in [0.15, 0.2) is 71.5 Å². The molecule has 0 aliphatic carbocycles. The minimum atomic E-state index is -0.144. The number of rotatable bonds is 4. The fraction of sp³-hybridized carbons (Fsp3) is 0. The third-order valence-corrected chi connectivity index (χ3v) is 4.74. The van der Waals surface area contributed by atoms with Gasteiger partial charge in [-0.15, -0.1) is 5.10 Å². The van der Waals surface area contributed by atoms with Crippen molar-refractivity contribution < 1.29 is 0 Å². The first-order valence-corrected chi connectivity index (χ1v) is 8.97. The SMILES string of the molecule is O=c1c(=CC=Cc2ccccc2)sc2nc(C=Cc3ccccc3)nn12. The Balaban J connectivity index is 1.60. The highest BCUT2D eigenvalue weighted by molar-refractivity contribution is 7.15. The van der Waals surface area contributed by atoms with E-state index in [0.29, 0.717) is 15.3 Å². The maximum Gasteiger partial charge on any atom is 0.291 e. The van der Waals surface area contributed by atoms with Gasteiger partial charge in [0.05, 0.1) is 4.53 Å². The van der Waals surface area contributed by atoms with E-state index < -0.39 is 0 Å². The fourth-order valence-corrected chi connectivity index (χ4v) is 3.35. The highest BCUT2D eigenvalue weighted by Gasteiger charge is 2.07. The van der Waals surface area contributed by atoms with E-state index in [9.17, 15) is 4.79 Å². The van der Waals surface area contributed by atoms with Crippen LogP contribution in [-0.2, 0) is 0 Å². The smallest absolute Gasteiger partial charge is 0.266 e. The number of allylic oxidation sites excluding steroid dienone is 1. The molecule has 4 aromatic rings. The normalized spacial score (nSPS) is 12.7. The van der Waals surface area contributed by atoms with Gasteiger partial charge in [0.25, 0.3) is 5.56 Å². The Bertz CT molecular complexity index is 1190. The second-order valence-corrected chi connectivity index (χ2v) is 6.63. The Morgan fingerprint density at radius 1 is 0.846 bits per heavy atom.